The van der Waals surface area contributed by atoms with Crippen LogP contribution in [-0.4, -0.2) is 65.9 Å². The lowest BCUT2D eigenvalue weighted by Gasteiger charge is -2.22. The topological polar surface area (TPSA) is 115 Å². The van der Waals surface area contributed by atoms with Crippen LogP contribution in [0.1, 0.15) is 45.4 Å². The molecule has 5 rings (SSSR count). The maximum Gasteiger partial charge on any atom is 0.401 e. The Labute approximate surface area is 247 Å². The molecule has 0 radical (unpaired) electrons. The van der Waals surface area contributed by atoms with Gasteiger partial charge in [0, 0.05) is 62.1 Å². The van der Waals surface area contributed by atoms with Crippen molar-refractivity contribution in [1.82, 2.24) is 34.2 Å². The maximum atomic E-state index is 12.9. The molecular weight excluding hydrogens is 563 g/mol. The quantitative estimate of drug-likeness (QED) is 0.271. The zero-order valence-corrected chi connectivity index (χ0v) is 25.1. The van der Waals surface area contributed by atoms with Gasteiger partial charge in [-0.05, 0) is 31.9 Å². The molecule has 4 aromatic heterocycles. The molecule has 1 amide bonds. The first-order valence-corrected chi connectivity index (χ1v) is 14.0. The van der Waals surface area contributed by atoms with E-state index in [1.807, 2.05) is 29.3 Å². The molecule has 4 aromatic rings. The van der Waals surface area contributed by atoms with E-state index in [2.05, 4.69) is 46.4 Å². The summed E-state index contributed by atoms with van der Waals surface area (Å²) in [6, 6.07) is 5.28. The van der Waals surface area contributed by atoms with Crippen molar-refractivity contribution in [2.45, 2.75) is 59.2 Å². The number of ether oxygens (including phenoxy) is 1. The lowest BCUT2D eigenvalue weighted by atomic mass is 9.92. The number of hydrogen-bond acceptors (Lipinski definition) is 8. The Hall–Kier alpha value is -4.20. The van der Waals surface area contributed by atoms with Crippen LogP contribution in [0.2, 0.25) is 0 Å². The van der Waals surface area contributed by atoms with Crippen molar-refractivity contribution in [3.8, 4) is 11.5 Å². The molecule has 230 valence electrons. The van der Waals surface area contributed by atoms with E-state index in [-0.39, 0.29) is 17.2 Å². The summed E-state index contributed by atoms with van der Waals surface area (Å²) in [5.41, 5.74) is 2.85. The molecule has 14 heteroatoms. The molecule has 5 heterocycles. The predicted molar refractivity (Wildman–Crippen MR) is 157 cm³/mol. The highest BCUT2D eigenvalue weighted by atomic mass is 19.4. The van der Waals surface area contributed by atoms with Gasteiger partial charge < -0.3 is 19.9 Å². The zero-order valence-electron chi connectivity index (χ0n) is 25.1. The monoisotopic (exact) mass is 599 g/mol. The summed E-state index contributed by atoms with van der Waals surface area (Å²) < 4.78 is 48.6. The molecule has 43 heavy (non-hydrogen) atoms. The number of carbonyl (C=O) groups excluding carboxylic acids is 1. The lowest BCUT2D eigenvalue weighted by molar-refractivity contribution is -0.143. The number of nitrogens with one attached hydrogen (secondary N) is 2. The molecule has 1 aliphatic heterocycles. The number of aryl methyl sites for hydroxylation is 2. The largest absolute Gasteiger partial charge is 0.455 e. The second kappa shape index (κ2) is 11.5. The first-order valence-electron chi connectivity index (χ1n) is 14.0. The summed E-state index contributed by atoms with van der Waals surface area (Å²) in [5, 5.41) is 10.8. The van der Waals surface area contributed by atoms with Gasteiger partial charge in [-0.25, -0.2) is 9.97 Å². The molecule has 1 atom stereocenters. The first-order chi connectivity index (χ1) is 20.2. The minimum atomic E-state index is -4.20. The van der Waals surface area contributed by atoms with E-state index >= 15 is 0 Å². The minimum absolute atomic E-state index is 0.0759. The van der Waals surface area contributed by atoms with E-state index in [9.17, 15) is 18.0 Å². The van der Waals surface area contributed by atoms with E-state index in [1.54, 1.807) is 24.5 Å². The van der Waals surface area contributed by atoms with Gasteiger partial charge in [-0.3, -0.25) is 14.4 Å². The second-order valence-electron chi connectivity index (χ2n) is 12.1. The van der Waals surface area contributed by atoms with Crippen LogP contribution in [0.5, 0.6) is 11.5 Å². The minimum Gasteiger partial charge on any atom is -0.455 e. The number of hydrogen-bond donors (Lipinski definition) is 2. The average molecular weight is 600 g/mol. The third-order valence-electron chi connectivity index (χ3n) is 7.36. The standard InChI is InChI=1S/C29H36F3N9O2/c1-17-21(43-20-7-9-33-23(11-20)35-18(2)42)13-34-26-25(17)39(6)27(37-26)36-24-12-22(28(3,4)5)41(38-24)15-19-8-10-40(14-19)16-29(30,31)32/h7,9,11-13,19H,8,10,14-16H2,1-6H3,(H,33,35,42)(H,34,36,37,38). The van der Waals surface area contributed by atoms with Crippen molar-refractivity contribution < 1.29 is 22.7 Å². The number of nitrogens with zero attached hydrogens (tertiary/aromatic N) is 7. The smallest absolute Gasteiger partial charge is 0.401 e. The van der Waals surface area contributed by atoms with Crippen LogP contribution in [0, 0.1) is 12.8 Å². The Balaban J connectivity index is 1.37. The summed E-state index contributed by atoms with van der Waals surface area (Å²) in [6.07, 6.45) is -0.361. The highest BCUT2D eigenvalue weighted by Crippen LogP contribution is 2.33. The van der Waals surface area contributed by atoms with Gasteiger partial charge in [0.05, 0.1) is 18.3 Å². The summed E-state index contributed by atoms with van der Waals surface area (Å²) >= 11 is 0. The molecule has 11 nitrogen and oxygen atoms in total. The number of halogens is 3. The number of fused-ring (bicyclic) bond motifs is 1. The Bertz CT molecular complexity index is 1640. The Morgan fingerprint density at radius 1 is 1.16 bits per heavy atom. The number of pyridine rings is 2. The molecular formula is C29H36F3N9O2. The van der Waals surface area contributed by atoms with Gasteiger partial charge in [0.15, 0.2) is 17.2 Å². The number of amides is 1. The van der Waals surface area contributed by atoms with Crippen molar-refractivity contribution in [3.63, 3.8) is 0 Å². The lowest BCUT2D eigenvalue weighted by Crippen LogP contribution is -2.33. The van der Waals surface area contributed by atoms with Crippen LogP contribution in [0.3, 0.4) is 0 Å². The number of rotatable bonds is 8. The fourth-order valence-electron chi connectivity index (χ4n) is 5.43. The normalized spacial score (nSPS) is 16.2. The molecule has 0 spiro atoms. The summed E-state index contributed by atoms with van der Waals surface area (Å²) in [7, 11) is 1.87. The van der Waals surface area contributed by atoms with E-state index in [0.717, 1.165) is 16.8 Å². The molecule has 2 N–H and O–H groups in total. The number of carbonyl (C=O) groups is 1. The van der Waals surface area contributed by atoms with Crippen LogP contribution >= 0.6 is 0 Å². The SMILES string of the molecule is CC(=O)Nc1cc(Oc2cnc3nc(Nc4cc(C(C)(C)C)n(CC5CCN(CC(F)(F)F)C5)n4)n(C)c3c2C)ccn1. The Morgan fingerprint density at radius 3 is 2.63 bits per heavy atom. The van der Waals surface area contributed by atoms with Gasteiger partial charge in [0.25, 0.3) is 0 Å². The van der Waals surface area contributed by atoms with Gasteiger partial charge >= 0.3 is 6.18 Å². The van der Waals surface area contributed by atoms with Gasteiger partial charge in [0.2, 0.25) is 11.9 Å². The zero-order chi connectivity index (χ0) is 31.1. The molecule has 0 aromatic carbocycles. The van der Waals surface area contributed by atoms with Crippen molar-refractivity contribution in [3.05, 3.63) is 41.9 Å². The maximum absolute atomic E-state index is 12.9. The fourth-order valence-corrected chi connectivity index (χ4v) is 5.43. The number of likely N-dealkylation sites (tertiary alicyclic amines) is 1. The van der Waals surface area contributed by atoms with E-state index in [0.29, 0.717) is 60.8 Å². The molecule has 1 fully saturated rings. The summed E-state index contributed by atoms with van der Waals surface area (Å²) in [4.78, 5) is 26.2. The Morgan fingerprint density at radius 2 is 1.93 bits per heavy atom. The van der Waals surface area contributed by atoms with Gasteiger partial charge in [-0.1, -0.05) is 20.8 Å². The highest BCUT2D eigenvalue weighted by molar-refractivity contribution is 5.87. The van der Waals surface area contributed by atoms with Gasteiger partial charge in [0.1, 0.15) is 11.6 Å². The van der Waals surface area contributed by atoms with Crippen LogP contribution in [0.25, 0.3) is 11.2 Å². The summed E-state index contributed by atoms with van der Waals surface area (Å²) in [5.74, 6) is 2.36. The molecule has 0 bridgehead atoms. The van der Waals surface area contributed by atoms with Crippen molar-refractivity contribution in [2.75, 3.05) is 30.3 Å². The third-order valence-corrected chi connectivity index (χ3v) is 7.36. The Kier molecular flexibility index (Phi) is 8.07. The summed E-state index contributed by atoms with van der Waals surface area (Å²) in [6.45, 7) is 10.0. The molecule has 0 saturated carbocycles. The molecule has 1 aliphatic rings. The first kappa shape index (κ1) is 30.3. The second-order valence-corrected chi connectivity index (χ2v) is 12.1. The number of aromatic nitrogens is 6. The van der Waals surface area contributed by atoms with Crippen LogP contribution in [0.4, 0.5) is 30.8 Å². The van der Waals surface area contributed by atoms with Crippen LogP contribution in [-0.2, 0) is 23.8 Å². The fraction of sp³-hybridized carbons (Fsp3) is 0.483. The van der Waals surface area contributed by atoms with E-state index < -0.39 is 12.7 Å². The number of anilines is 3. The number of alkyl halides is 3. The number of imidazole rings is 1. The van der Waals surface area contributed by atoms with Crippen molar-refractivity contribution in [2.24, 2.45) is 13.0 Å². The van der Waals surface area contributed by atoms with Gasteiger partial charge in [-0.15, -0.1) is 0 Å². The molecule has 0 aliphatic carbocycles. The van der Waals surface area contributed by atoms with Crippen molar-refractivity contribution in [1.29, 1.82) is 0 Å². The van der Waals surface area contributed by atoms with E-state index in [1.165, 1.54) is 11.8 Å². The van der Waals surface area contributed by atoms with E-state index in [4.69, 9.17) is 9.84 Å². The predicted octanol–water partition coefficient (Wildman–Crippen LogP) is 5.54. The van der Waals surface area contributed by atoms with Crippen LogP contribution in [0.15, 0.2) is 30.6 Å². The molecule has 1 unspecified atom stereocenters. The molecule has 1 saturated heterocycles. The highest BCUT2D eigenvalue weighted by Gasteiger charge is 2.35. The van der Waals surface area contributed by atoms with Gasteiger partial charge in [-0.2, -0.15) is 23.3 Å². The average Bonchev–Trinajstić information content (AvgIpc) is 3.58. The van der Waals surface area contributed by atoms with Crippen molar-refractivity contribution >= 4 is 34.7 Å². The van der Waals surface area contributed by atoms with Crippen LogP contribution < -0.4 is 15.4 Å². The third kappa shape index (κ3) is 7.07.